The molecule has 0 radical (unpaired) electrons. The van der Waals surface area contributed by atoms with E-state index in [1.165, 1.54) is 12.3 Å². The average molecular weight is 549 g/mol. The van der Waals surface area contributed by atoms with Crippen LogP contribution >= 0.6 is 0 Å². The van der Waals surface area contributed by atoms with Crippen LogP contribution in [0.15, 0.2) is 114 Å². The number of esters is 1. The van der Waals surface area contributed by atoms with E-state index in [0.717, 1.165) is 5.56 Å². The Kier molecular flexibility index (Phi) is 7.76. The Morgan fingerprint density at radius 2 is 1.55 bits per heavy atom. The second kappa shape index (κ2) is 11.7. The van der Waals surface area contributed by atoms with E-state index >= 15 is 0 Å². The first-order chi connectivity index (χ1) is 19.4. The molecular weight excluding hydrogens is 524 g/mol. The van der Waals surface area contributed by atoms with E-state index in [0.29, 0.717) is 33.3 Å². The van der Waals surface area contributed by atoms with E-state index < -0.39 is 16.0 Å². The van der Waals surface area contributed by atoms with Crippen LogP contribution < -0.4 is 9.46 Å². The number of para-hydroxylation sites is 1. The molecule has 1 N–H and O–H groups in total. The number of hydrogen-bond acceptors (Lipinski definition) is 6. The zero-order chi connectivity index (χ0) is 28.0. The standard InChI is InChI=1S/C32H24N2O5S/c1-38-30-19-20-31(27-13-7-6-12-26(27)30)40(36,37)34-28-14-8-5-11-25(28)17-15-23-16-18-29(33-21-23)32(35)39-22-24-9-3-2-4-10-24/h2-14,16,18-21,34H,22H2,1H3. The fraction of sp³-hybridized carbons (Fsp3) is 0.0625. The van der Waals surface area contributed by atoms with Crippen molar-refractivity contribution in [3.8, 4) is 17.6 Å². The monoisotopic (exact) mass is 548 g/mol. The summed E-state index contributed by atoms with van der Waals surface area (Å²) in [4.78, 5) is 16.6. The Morgan fingerprint density at radius 1 is 0.825 bits per heavy atom. The predicted molar refractivity (Wildman–Crippen MR) is 154 cm³/mol. The van der Waals surface area contributed by atoms with Crippen molar-refractivity contribution in [2.45, 2.75) is 11.5 Å². The molecule has 0 saturated carbocycles. The van der Waals surface area contributed by atoms with E-state index in [4.69, 9.17) is 9.47 Å². The summed E-state index contributed by atoms with van der Waals surface area (Å²) in [5, 5.41) is 1.24. The maximum Gasteiger partial charge on any atom is 0.357 e. The first-order valence-corrected chi connectivity index (χ1v) is 13.8. The Bertz CT molecular complexity index is 1840. The number of benzene rings is 4. The SMILES string of the molecule is COc1ccc(S(=O)(=O)Nc2ccccc2C#Cc2ccc(C(=O)OCc3ccccc3)nc2)c2ccccc12. The molecule has 5 rings (SSSR count). The molecule has 40 heavy (non-hydrogen) atoms. The van der Waals surface area contributed by atoms with Gasteiger partial charge in [0, 0.05) is 28.1 Å². The minimum Gasteiger partial charge on any atom is -0.496 e. The second-order valence-electron chi connectivity index (χ2n) is 8.71. The van der Waals surface area contributed by atoms with Gasteiger partial charge < -0.3 is 9.47 Å². The van der Waals surface area contributed by atoms with Crippen molar-refractivity contribution in [2.24, 2.45) is 0 Å². The molecule has 1 heterocycles. The Labute approximate surface area is 232 Å². The molecule has 0 aliphatic carbocycles. The third kappa shape index (κ3) is 5.96. The van der Waals surface area contributed by atoms with Crippen molar-refractivity contribution < 1.29 is 22.7 Å². The summed E-state index contributed by atoms with van der Waals surface area (Å²) in [5.74, 6) is 6.04. The molecule has 0 saturated heterocycles. The Balaban J connectivity index is 1.34. The Morgan fingerprint density at radius 3 is 2.30 bits per heavy atom. The van der Waals surface area contributed by atoms with Gasteiger partial charge in [-0.05, 0) is 42.0 Å². The highest BCUT2D eigenvalue weighted by Crippen LogP contribution is 2.32. The van der Waals surface area contributed by atoms with Crippen LogP contribution in [-0.2, 0) is 21.4 Å². The minimum absolute atomic E-state index is 0.130. The molecule has 0 fully saturated rings. The molecule has 5 aromatic rings. The molecule has 4 aromatic carbocycles. The van der Waals surface area contributed by atoms with Crippen LogP contribution in [0.3, 0.4) is 0 Å². The lowest BCUT2D eigenvalue weighted by atomic mass is 10.1. The summed E-state index contributed by atoms with van der Waals surface area (Å²) < 4.78 is 40.2. The molecule has 0 atom stereocenters. The van der Waals surface area contributed by atoms with Crippen molar-refractivity contribution in [2.75, 3.05) is 11.8 Å². The summed E-state index contributed by atoms with van der Waals surface area (Å²) in [6.45, 7) is 0.155. The van der Waals surface area contributed by atoms with Gasteiger partial charge in [0.25, 0.3) is 10.0 Å². The molecule has 1 aromatic heterocycles. The summed E-state index contributed by atoms with van der Waals surface area (Å²) in [6.07, 6.45) is 1.47. The molecule has 0 aliphatic rings. The van der Waals surface area contributed by atoms with Gasteiger partial charge in [-0.15, -0.1) is 0 Å². The van der Waals surface area contributed by atoms with Crippen LogP contribution in [0.4, 0.5) is 5.69 Å². The van der Waals surface area contributed by atoms with Gasteiger partial charge in [-0.2, -0.15) is 0 Å². The normalized spacial score (nSPS) is 10.8. The lowest BCUT2D eigenvalue weighted by Crippen LogP contribution is -2.14. The molecule has 7 nitrogen and oxygen atoms in total. The first-order valence-electron chi connectivity index (χ1n) is 12.3. The van der Waals surface area contributed by atoms with Gasteiger partial charge in [-0.1, -0.05) is 78.6 Å². The van der Waals surface area contributed by atoms with Crippen molar-refractivity contribution >= 4 is 32.5 Å². The smallest absolute Gasteiger partial charge is 0.357 e. The number of methoxy groups -OCH3 is 1. The third-order valence-electron chi connectivity index (χ3n) is 6.05. The number of aromatic nitrogens is 1. The molecular formula is C32H24N2O5S. The van der Waals surface area contributed by atoms with E-state index in [1.54, 1.807) is 61.7 Å². The van der Waals surface area contributed by atoms with Gasteiger partial charge in [-0.3, -0.25) is 4.72 Å². The number of rotatable bonds is 7. The van der Waals surface area contributed by atoms with Crippen molar-refractivity contribution in [3.63, 3.8) is 0 Å². The van der Waals surface area contributed by atoms with Gasteiger partial charge in [0.1, 0.15) is 18.1 Å². The third-order valence-corrected chi connectivity index (χ3v) is 7.48. The molecule has 8 heteroatoms. The molecule has 0 amide bonds. The number of anilines is 1. The summed E-state index contributed by atoms with van der Waals surface area (Å²) in [5.41, 5.74) is 2.42. The number of hydrogen-bond donors (Lipinski definition) is 1. The van der Waals surface area contributed by atoms with Crippen molar-refractivity contribution in [1.29, 1.82) is 0 Å². The fourth-order valence-corrected chi connectivity index (χ4v) is 5.35. The van der Waals surface area contributed by atoms with E-state index in [-0.39, 0.29) is 17.2 Å². The Hall–Kier alpha value is -5.13. The predicted octanol–water partition coefficient (Wildman–Crippen LogP) is 5.80. The highest BCUT2D eigenvalue weighted by Gasteiger charge is 2.20. The summed E-state index contributed by atoms with van der Waals surface area (Å²) in [6, 6.07) is 29.8. The van der Waals surface area contributed by atoms with E-state index in [9.17, 15) is 13.2 Å². The first kappa shape index (κ1) is 26.5. The number of sulfonamides is 1. The lowest BCUT2D eigenvalue weighted by molar-refractivity contribution is 0.0465. The number of pyridine rings is 1. The van der Waals surface area contributed by atoms with Crippen LogP contribution in [0.25, 0.3) is 10.8 Å². The topological polar surface area (TPSA) is 94.6 Å². The maximum atomic E-state index is 13.4. The largest absolute Gasteiger partial charge is 0.496 e. The summed E-state index contributed by atoms with van der Waals surface area (Å²) >= 11 is 0. The van der Waals surface area contributed by atoms with Crippen LogP contribution in [0.2, 0.25) is 0 Å². The number of nitrogens with one attached hydrogen (secondary N) is 1. The van der Waals surface area contributed by atoms with Crippen LogP contribution in [0.1, 0.15) is 27.2 Å². The average Bonchev–Trinajstić information content (AvgIpc) is 2.99. The van der Waals surface area contributed by atoms with Crippen molar-refractivity contribution in [1.82, 2.24) is 4.98 Å². The maximum absolute atomic E-state index is 13.4. The van der Waals surface area contributed by atoms with Crippen molar-refractivity contribution in [3.05, 3.63) is 132 Å². The molecule has 0 aliphatic heterocycles. The van der Waals surface area contributed by atoms with Crippen LogP contribution in [0.5, 0.6) is 5.75 Å². The van der Waals surface area contributed by atoms with Crippen LogP contribution in [0, 0.1) is 11.8 Å². The highest BCUT2D eigenvalue weighted by molar-refractivity contribution is 7.93. The number of nitrogens with zero attached hydrogens (tertiary/aromatic N) is 1. The highest BCUT2D eigenvalue weighted by atomic mass is 32.2. The fourth-order valence-electron chi connectivity index (χ4n) is 4.06. The summed E-state index contributed by atoms with van der Waals surface area (Å²) in [7, 11) is -2.40. The van der Waals surface area contributed by atoms with E-state index in [2.05, 4.69) is 21.5 Å². The zero-order valence-corrected chi connectivity index (χ0v) is 22.3. The molecule has 0 unspecified atom stereocenters. The molecule has 0 bridgehead atoms. The number of fused-ring (bicyclic) bond motifs is 1. The quantitative estimate of drug-likeness (QED) is 0.204. The van der Waals surface area contributed by atoms with Gasteiger partial charge >= 0.3 is 5.97 Å². The number of carbonyl (C=O) groups excluding carboxylic acids is 1. The van der Waals surface area contributed by atoms with Crippen LogP contribution in [-0.4, -0.2) is 26.5 Å². The zero-order valence-electron chi connectivity index (χ0n) is 21.5. The lowest BCUT2D eigenvalue weighted by Gasteiger charge is -2.13. The second-order valence-corrected chi connectivity index (χ2v) is 10.4. The van der Waals surface area contributed by atoms with Gasteiger partial charge in [-0.25, -0.2) is 18.2 Å². The van der Waals surface area contributed by atoms with Gasteiger partial charge in [0.15, 0.2) is 0 Å². The number of ether oxygens (including phenoxy) is 2. The van der Waals surface area contributed by atoms with Gasteiger partial charge in [0.05, 0.1) is 17.7 Å². The number of carbonyl (C=O) groups is 1. The molecule has 0 spiro atoms. The molecule has 198 valence electrons. The van der Waals surface area contributed by atoms with Gasteiger partial charge in [0.2, 0.25) is 0 Å². The minimum atomic E-state index is -3.95. The van der Waals surface area contributed by atoms with E-state index in [1.807, 2.05) is 42.5 Å².